The minimum absolute atomic E-state index is 0.00218. The molecule has 152 valence electrons. The fourth-order valence-electron chi connectivity index (χ4n) is 3.11. The number of aromatic amines is 1. The molecule has 0 aliphatic heterocycles. The summed E-state index contributed by atoms with van der Waals surface area (Å²) in [6.45, 7) is 4.38. The summed E-state index contributed by atoms with van der Waals surface area (Å²) in [5.41, 5.74) is 6.70. The lowest BCUT2D eigenvalue weighted by atomic mass is 10.2. The number of carbonyl (C=O) groups excluding carboxylic acids is 1. The maximum atomic E-state index is 13.4. The quantitative estimate of drug-likeness (QED) is 0.622. The van der Waals surface area contributed by atoms with Gasteiger partial charge in [0.2, 0.25) is 0 Å². The van der Waals surface area contributed by atoms with E-state index in [4.69, 9.17) is 5.73 Å². The Hall–Kier alpha value is -3.13. The predicted molar refractivity (Wildman–Crippen MR) is 117 cm³/mol. The molecule has 3 aromatic rings. The van der Waals surface area contributed by atoms with Gasteiger partial charge < -0.3 is 5.73 Å². The van der Waals surface area contributed by atoms with E-state index in [-0.39, 0.29) is 24.0 Å². The molecular formula is C21H24N4O3S. The summed E-state index contributed by atoms with van der Waals surface area (Å²) in [5.74, 6) is -0.315. The van der Waals surface area contributed by atoms with Gasteiger partial charge in [0.25, 0.3) is 11.5 Å². The largest absolute Gasteiger partial charge is 0.383 e. The number of amides is 1. The number of thiophene rings is 1. The molecule has 29 heavy (non-hydrogen) atoms. The number of aromatic nitrogens is 2. The Kier molecular flexibility index (Phi) is 6.33. The van der Waals surface area contributed by atoms with Crippen molar-refractivity contribution >= 4 is 28.7 Å². The second-order valence-electron chi connectivity index (χ2n) is 6.81. The van der Waals surface area contributed by atoms with E-state index in [2.05, 4.69) is 4.98 Å². The number of benzene rings is 1. The van der Waals surface area contributed by atoms with Crippen molar-refractivity contribution in [3.8, 4) is 0 Å². The Bertz CT molecular complexity index is 1110. The normalized spacial score (nSPS) is 10.8. The molecule has 7 nitrogen and oxygen atoms in total. The van der Waals surface area contributed by atoms with Crippen LogP contribution in [0.4, 0.5) is 11.5 Å². The van der Waals surface area contributed by atoms with Gasteiger partial charge in [-0.3, -0.25) is 24.0 Å². The number of carbonyl (C=O) groups is 1. The van der Waals surface area contributed by atoms with Crippen LogP contribution in [-0.4, -0.2) is 15.5 Å². The van der Waals surface area contributed by atoms with E-state index in [1.807, 2.05) is 55.6 Å². The van der Waals surface area contributed by atoms with Crippen LogP contribution in [0.3, 0.4) is 0 Å². The van der Waals surface area contributed by atoms with Gasteiger partial charge in [0.05, 0.1) is 11.4 Å². The number of H-pyrrole nitrogens is 1. The summed E-state index contributed by atoms with van der Waals surface area (Å²) in [6, 6.07) is 11.2. The molecule has 2 aromatic heterocycles. The average molecular weight is 413 g/mol. The van der Waals surface area contributed by atoms with Crippen LogP contribution in [0.25, 0.3) is 0 Å². The number of rotatable bonds is 7. The third kappa shape index (κ3) is 4.32. The molecular weight excluding hydrogens is 388 g/mol. The molecule has 0 fully saturated rings. The van der Waals surface area contributed by atoms with E-state index in [0.29, 0.717) is 11.4 Å². The van der Waals surface area contributed by atoms with Crippen molar-refractivity contribution in [2.45, 2.75) is 39.8 Å². The highest BCUT2D eigenvalue weighted by Gasteiger charge is 2.27. The second-order valence-corrected chi connectivity index (χ2v) is 7.72. The fourth-order valence-corrected chi connectivity index (χ4v) is 3.98. The molecule has 8 heteroatoms. The number of nitrogens with one attached hydrogen (secondary N) is 1. The van der Waals surface area contributed by atoms with Crippen molar-refractivity contribution < 1.29 is 4.79 Å². The van der Waals surface area contributed by atoms with E-state index in [0.717, 1.165) is 24.0 Å². The third-order valence-electron chi connectivity index (χ3n) is 4.70. The first-order valence-corrected chi connectivity index (χ1v) is 10.3. The van der Waals surface area contributed by atoms with Crippen LogP contribution in [0.15, 0.2) is 51.4 Å². The summed E-state index contributed by atoms with van der Waals surface area (Å²) >= 11 is 1.31. The number of anilines is 2. The zero-order valence-corrected chi connectivity index (χ0v) is 17.3. The Morgan fingerprint density at radius 3 is 2.55 bits per heavy atom. The Labute approximate surface area is 172 Å². The molecule has 0 aliphatic rings. The smallest absolute Gasteiger partial charge is 0.330 e. The standard InChI is InChI=1S/C21H24N4O3S/c1-3-4-11-24-18(22)16(19(26)23-21(24)28)25(13-15-8-6-5-7-9-15)20(27)17-14(2)10-12-29-17/h5-10,12H,3-4,11,13,22H2,1-2H3,(H,23,26,28). The van der Waals surface area contributed by atoms with Gasteiger partial charge in [0, 0.05) is 6.54 Å². The lowest BCUT2D eigenvalue weighted by molar-refractivity contribution is 0.0988. The first-order chi connectivity index (χ1) is 13.9. The highest BCUT2D eigenvalue weighted by Crippen LogP contribution is 2.25. The van der Waals surface area contributed by atoms with Crippen LogP contribution in [-0.2, 0) is 13.1 Å². The minimum Gasteiger partial charge on any atom is -0.383 e. The number of hydrogen-bond acceptors (Lipinski definition) is 5. The molecule has 0 spiro atoms. The van der Waals surface area contributed by atoms with Gasteiger partial charge in [-0.2, -0.15) is 0 Å². The maximum Gasteiger partial charge on any atom is 0.330 e. The molecule has 0 saturated heterocycles. The van der Waals surface area contributed by atoms with Crippen LogP contribution >= 0.6 is 11.3 Å². The fraction of sp³-hybridized carbons (Fsp3) is 0.286. The third-order valence-corrected chi connectivity index (χ3v) is 5.71. The lowest BCUT2D eigenvalue weighted by Crippen LogP contribution is -2.41. The first-order valence-electron chi connectivity index (χ1n) is 9.46. The van der Waals surface area contributed by atoms with Crippen LogP contribution in [0.5, 0.6) is 0 Å². The molecule has 2 heterocycles. The molecule has 0 saturated carbocycles. The molecule has 1 amide bonds. The lowest BCUT2D eigenvalue weighted by Gasteiger charge is -2.24. The highest BCUT2D eigenvalue weighted by atomic mass is 32.1. The topological polar surface area (TPSA) is 101 Å². The van der Waals surface area contributed by atoms with Crippen molar-refractivity contribution in [1.29, 1.82) is 0 Å². The number of hydrogen-bond donors (Lipinski definition) is 2. The Morgan fingerprint density at radius 1 is 1.21 bits per heavy atom. The Morgan fingerprint density at radius 2 is 1.93 bits per heavy atom. The summed E-state index contributed by atoms with van der Waals surface area (Å²) in [4.78, 5) is 42.6. The van der Waals surface area contributed by atoms with Crippen LogP contribution < -0.4 is 21.9 Å². The molecule has 0 atom stereocenters. The molecule has 1 aromatic carbocycles. The molecule has 0 unspecified atom stereocenters. The van der Waals surface area contributed by atoms with Gasteiger partial charge in [-0.25, -0.2) is 4.79 Å². The summed E-state index contributed by atoms with van der Waals surface area (Å²) < 4.78 is 1.33. The van der Waals surface area contributed by atoms with E-state index >= 15 is 0 Å². The number of aryl methyl sites for hydroxylation is 1. The SMILES string of the molecule is CCCCn1c(N)c(N(Cc2ccccc2)C(=O)c2sccc2C)c(=O)[nH]c1=O. The number of nitrogens with zero attached hydrogens (tertiary/aromatic N) is 2. The number of nitrogen functional groups attached to an aromatic ring is 1. The predicted octanol–water partition coefficient (Wildman–Crippen LogP) is 3.14. The molecule has 0 radical (unpaired) electrons. The molecule has 0 aliphatic carbocycles. The van der Waals surface area contributed by atoms with Gasteiger partial charge in [0.1, 0.15) is 5.82 Å². The van der Waals surface area contributed by atoms with Gasteiger partial charge in [-0.05, 0) is 35.9 Å². The van der Waals surface area contributed by atoms with Gasteiger partial charge >= 0.3 is 5.69 Å². The molecule has 0 bridgehead atoms. The van der Waals surface area contributed by atoms with Crippen LogP contribution in [0.1, 0.15) is 40.6 Å². The molecule has 3 rings (SSSR count). The second kappa shape index (κ2) is 8.91. The highest BCUT2D eigenvalue weighted by molar-refractivity contribution is 7.12. The first kappa shape index (κ1) is 20.6. The zero-order valence-electron chi connectivity index (χ0n) is 16.5. The Balaban J connectivity index is 2.16. The van der Waals surface area contributed by atoms with Crippen LogP contribution in [0, 0.1) is 6.92 Å². The summed E-state index contributed by atoms with van der Waals surface area (Å²) in [5, 5.41) is 1.83. The van der Waals surface area contributed by atoms with E-state index in [1.54, 1.807) is 0 Å². The van der Waals surface area contributed by atoms with E-state index in [1.165, 1.54) is 20.8 Å². The zero-order chi connectivity index (χ0) is 21.0. The van der Waals surface area contributed by atoms with Gasteiger partial charge in [-0.15, -0.1) is 11.3 Å². The van der Waals surface area contributed by atoms with Crippen molar-refractivity contribution in [3.05, 3.63) is 78.6 Å². The van der Waals surface area contributed by atoms with Gasteiger partial charge in [0.15, 0.2) is 5.69 Å². The van der Waals surface area contributed by atoms with Crippen molar-refractivity contribution in [2.75, 3.05) is 10.6 Å². The average Bonchev–Trinajstić information content (AvgIpc) is 3.13. The number of nitrogens with two attached hydrogens (primary N) is 1. The number of unbranched alkanes of at least 4 members (excludes halogenated alkanes) is 1. The van der Waals surface area contributed by atoms with Gasteiger partial charge in [-0.1, -0.05) is 43.7 Å². The minimum atomic E-state index is -0.668. The maximum absolute atomic E-state index is 13.4. The molecule has 3 N–H and O–H groups in total. The van der Waals surface area contributed by atoms with Crippen molar-refractivity contribution in [2.24, 2.45) is 0 Å². The van der Waals surface area contributed by atoms with Crippen LogP contribution in [0.2, 0.25) is 0 Å². The monoisotopic (exact) mass is 412 g/mol. The van der Waals surface area contributed by atoms with E-state index in [9.17, 15) is 14.4 Å². The van der Waals surface area contributed by atoms with Crippen molar-refractivity contribution in [3.63, 3.8) is 0 Å². The summed E-state index contributed by atoms with van der Waals surface area (Å²) in [6.07, 6.45) is 1.59. The van der Waals surface area contributed by atoms with Crippen molar-refractivity contribution in [1.82, 2.24) is 9.55 Å². The van der Waals surface area contributed by atoms with E-state index < -0.39 is 11.2 Å². The summed E-state index contributed by atoms with van der Waals surface area (Å²) in [7, 11) is 0.